The number of aliphatic hydroxyl groups is 3. The molecule has 0 spiro atoms. The van der Waals surface area contributed by atoms with E-state index in [0.717, 1.165) is 35.9 Å². The van der Waals surface area contributed by atoms with Gasteiger partial charge in [-0.2, -0.15) is 0 Å². The number of aromatic nitrogens is 2. The minimum absolute atomic E-state index is 0.160. The lowest BCUT2D eigenvalue weighted by Gasteiger charge is -2.44. The Morgan fingerprint density at radius 1 is 1.09 bits per heavy atom. The number of carbonyl (C=O) groups is 1. The van der Waals surface area contributed by atoms with Crippen molar-refractivity contribution in [2.75, 3.05) is 6.61 Å². The zero-order valence-electron chi connectivity index (χ0n) is 19.0. The summed E-state index contributed by atoms with van der Waals surface area (Å²) in [6.07, 6.45) is 2.39. The molecule has 184 valence electrons. The van der Waals surface area contributed by atoms with Gasteiger partial charge in [0.1, 0.15) is 34.4 Å². The van der Waals surface area contributed by atoms with Crippen LogP contribution in [-0.4, -0.2) is 49.4 Å². The predicted molar refractivity (Wildman–Crippen MR) is 121 cm³/mol. The maximum absolute atomic E-state index is 14.4. The molecule has 0 unspecified atom stereocenters. The first-order valence-electron chi connectivity index (χ1n) is 11.2. The van der Waals surface area contributed by atoms with Gasteiger partial charge in [-0.1, -0.05) is 13.0 Å². The Morgan fingerprint density at radius 3 is 2.46 bits per heavy atom. The first-order valence-corrected chi connectivity index (χ1v) is 11.2. The summed E-state index contributed by atoms with van der Waals surface area (Å²) in [5.74, 6) is -4.08. The van der Waals surface area contributed by atoms with E-state index in [2.05, 4.69) is 9.97 Å². The molecule has 9 heteroatoms. The molecule has 4 atom stereocenters. The monoisotopic (exact) mass is 486 g/mol. The third kappa shape index (κ3) is 4.71. The van der Waals surface area contributed by atoms with Crippen LogP contribution in [0.4, 0.5) is 13.2 Å². The van der Waals surface area contributed by atoms with Crippen molar-refractivity contribution in [2.24, 2.45) is 5.92 Å². The van der Waals surface area contributed by atoms with E-state index in [1.54, 1.807) is 19.2 Å². The molecule has 1 aliphatic rings. The van der Waals surface area contributed by atoms with Crippen molar-refractivity contribution in [1.29, 1.82) is 0 Å². The number of rotatable bonds is 6. The first kappa shape index (κ1) is 25.0. The Bertz CT molecular complexity index is 1220. The molecule has 6 nitrogen and oxygen atoms in total. The van der Waals surface area contributed by atoms with E-state index in [9.17, 15) is 33.3 Å². The van der Waals surface area contributed by atoms with E-state index in [0.29, 0.717) is 12.0 Å². The van der Waals surface area contributed by atoms with Gasteiger partial charge in [0.15, 0.2) is 5.78 Å². The second-order valence-corrected chi connectivity index (χ2v) is 9.03. The van der Waals surface area contributed by atoms with Crippen LogP contribution in [-0.2, 0) is 6.42 Å². The van der Waals surface area contributed by atoms with Crippen molar-refractivity contribution in [2.45, 2.75) is 43.8 Å². The predicted octanol–water partition coefficient (Wildman–Crippen LogP) is 3.58. The summed E-state index contributed by atoms with van der Waals surface area (Å²) in [7, 11) is 0. The fourth-order valence-corrected chi connectivity index (χ4v) is 4.79. The summed E-state index contributed by atoms with van der Waals surface area (Å²) < 4.78 is 42.8. The van der Waals surface area contributed by atoms with Gasteiger partial charge < -0.3 is 15.3 Å². The Morgan fingerprint density at radius 2 is 1.80 bits per heavy atom. The van der Waals surface area contributed by atoms with Crippen LogP contribution in [0.15, 0.2) is 48.8 Å². The summed E-state index contributed by atoms with van der Waals surface area (Å²) in [6.45, 7) is 1.17. The molecule has 3 N–H and O–H groups in total. The van der Waals surface area contributed by atoms with Gasteiger partial charge >= 0.3 is 0 Å². The van der Waals surface area contributed by atoms with Gasteiger partial charge in [-0.15, -0.1) is 0 Å². The average Bonchev–Trinajstić information content (AvgIpc) is 2.83. The van der Waals surface area contributed by atoms with Gasteiger partial charge in [-0.05, 0) is 66.1 Å². The number of nitrogens with zero attached hydrogens (tertiary/aromatic N) is 2. The third-order valence-corrected chi connectivity index (χ3v) is 6.89. The lowest BCUT2D eigenvalue weighted by Crippen LogP contribution is -2.54. The van der Waals surface area contributed by atoms with Gasteiger partial charge in [0.05, 0.1) is 18.3 Å². The van der Waals surface area contributed by atoms with Crippen LogP contribution in [0.1, 0.15) is 47.3 Å². The van der Waals surface area contributed by atoms with Crippen LogP contribution >= 0.6 is 0 Å². The Labute approximate surface area is 200 Å². The summed E-state index contributed by atoms with van der Waals surface area (Å²) in [6, 6.07) is 6.94. The highest BCUT2D eigenvalue weighted by Gasteiger charge is 2.46. The normalized spacial score (nSPS) is 24.4. The maximum Gasteiger partial charge on any atom is 0.185 e. The molecule has 2 heterocycles. The summed E-state index contributed by atoms with van der Waals surface area (Å²) in [5.41, 5.74) is -1.70. The molecule has 1 saturated carbocycles. The van der Waals surface area contributed by atoms with Crippen LogP contribution in [0.25, 0.3) is 11.3 Å². The molecule has 0 saturated heterocycles. The first-order chi connectivity index (χ1) is 16.7. The lowest BCUT2D eigenvalue weighted by atomic mass is 9.68. The number of aliphatic hydroxyl groups excluding tert-OH is 2. The highest BCUT2D eigenvalue weighted by Crippen LogP contribution is 2.42. The van der Waals surface area contributed by atoms with Gasteiger partial charge in [0.25, 0.3) is 0 Å². The highest BCUT2D eigenvalue weighted by molar-refractivity contribution is 5.96. The fraction of sp³-hybridized carbons (Fsp3) is 0.346. The van der Waals surface area contributed by atoms with Crippen LogP contribution in [0.3, 0.4) is 0 Å². The molecule has 0 aliphatic heterocycles. The smallest absolute Gasteiger partial charge is 0.185 e. The van der Waals surface area contributed by atoms with Crippen molar-refractivity contribution in [3.05, 3.63) is 83.1 Å². The van der Waals surface area contributed by atoms with E-state index >= 15 is 0 Å². The number of ketones is 1. The van der Waals surface area contributed by atoms with Crippen molar-refractivity contribution in [3.8, 4) is 11.3 Å². The summed E-state index contributed by atoms with van der Waals surface area (Å²) >= 11 is 0. The highest BCUT2D eigenvalue weighted by atomic mass is 19.1. The van der Waals surface area contributed by atoms with E-state index in [1.165, 1.54) is 6.20 Å². The number of pyridine rings is 2. The van der Waals surface area contributed by atoms with Gasteiger partial charge in [0.2, 0.25) is 0 Å². The maximum atomic E-state index is 14.4. The van der Waals surface area contributed by atoms with Gasteiger partial charge in [-0.25, -0.2) is 18.2 Å². The third-order valence-electron chi connectivity index (χ3n) is 6.89. The van der Waals surface area contributed by atoms with Gasteiger partial charge in [-0.3, -0.25) is 9.78 Å². The largest absolute Gasteiger partial charge is 0.393 e. The van der Waals surface area contributed by atoms with E-state index in [-0.39, 0.29) is 24.5 Å². The molecular weight excluding hydrogens is 461 g/mol. The zero-order chi connectivity index (χ0) is 25.3. The van der Waals surface area contributed by atoms with Gasteiger partial charge in [0, 0.05) is 18.8 Å². The van der Waals surface area contributed by atoms with Crippen molar-refractivity contribution < 1.29 is 33.3 Å². The van der Waals surface area contributed by atoms with Crippen molar-refractivity contribution in [3.63, 3.8) is 0 Å². The lowest BCUT2D eigenvalue weighted by molar-refractivity contribution is -0.159. The van der Waals surface area contributed by atoms with E-state index in [4.69, 9.17) is 0 Å². The number of benzene rings is 1. The molecule has 0 bridgehead atoms. The minimum atomic E-state index is -1.60. The standard InChI is InChI=1S/C26H25F3N2O4/c1-14-9-15(11-23(34)26(14,35)13-32)17-7-8-30-12-16(17)10-22(33)21-6-5-20(29)25(31-21)24-18(27)3-2-4-19(24)28/h2-8,12,14-15,23,32,34-35H,9-11,13H2,1H3/t14-,15+,23+,26+/m0/s1. The fourth-order valence-electron chi connectivity index (χ4n) is 4.79. The van der Waals surface area contributed by atoms with Crippen LogP contribution in [0.5, 0.6) is 0 Å². The minimum Gasteiger partial charge on any atom is -0.393 e. The number of hydrogen-bond acceptors (Lipinski definition) is 6. The molecule has 1 aromatic carbocycles. The van der Waals surface area contributed by atoms with Crippen LogP contribution < -0.4 is 0 Å². The van der Waals surface area contributed by atoms with Crippen LogP contribution in [0, 0.1) is 23.4 Å². The summed E-state index contributed by atoms with van der Waals surface area (Å²) in [5, 5.41) is 30.6. The number of hydrogen-bond donors (Lipinski definition) is 3. The number of halogens is 3. The van der Waals surface area contributed by atoms with Crippen LogP contribution in [0.2, 0.25) is 0 Å². The molecular formula is C26H25F3N2O4. The molecule has 1 fully saturated rings. The Kier molecular flexibility index (Phi) is 7.02. The van der Waals surface area contributed by atoms with E-state index < -0.39 is 58.7 Å². The second-order valence-electron chi connectivity index (χ2n) is 9.03. The zero-order valence-corrected chi connectivity index (χ0v) is 19.0. The number of carbonyl (C=O) groups excluding carboxylic acids is 1. The van der Waals surface area contributed by atoms with E-state index in [1.807, 2.05) is 0 Å². The molecule has 4 rings (SSSR count). The second kappa shape index (κ2) is 9.85. The Balaban J connectivity index is 1.62. The molecule has 1 aliphatic carbocycles. The summed E-state index contributed by atoms with van der Waals surface area (Å²) in [4.78, 5) is 21.1. The molecule has 0 amide bonds. The molecule has 35 heavy (non-hydrogen) atoms. The average molecular weight is 486 g/mol. The molecule has 0 radical (unpaired) electrons. The van der Waals surface area contributed by atoms with Crippen molar-refractivity contribution >= 4 is 5.78 Å². The quantitative estimate of drug-likeness (QED) is 0.460. The SMILES string of the molecule is C[C@H]1C[C@@H](c2ccncc2CC(=O)c2ccc(F)c(-c3c(F)cccc3F)n2)C[C@@H](O)[C@@]1(O)CO. The number of Topliss-reactive ketones (excluding diaryl/α,β-unsaturated/α-hetero) is 1. The Hall–Kier alpha value is -3.14. The topological polar surface area (TPSA) is 104 Å². The molecule has 3 aromatic rings. The van der Waals surface area contributed by atoms with Crippen molar-refractivity contribution in [1.82, 2.24) is 9.97 Å². The molecule has 2 aromatic heterocycles.